The lowest BCUT2D eigenvalue weighted by molar-refractivity contribution is -0.233. The first-order valence-electron chi connectivity index (χ1n) is 40.8. The Hall–Kier alpha value is -2.98. The Morgan fingerprint density at radius 2 is 0.470 bits per heavy atom. The minimum Gasteiger partial charge on any atom is -0.756 e. The molecule has 586 valence electrons. The average Bonchev–Trinajstić information content (AvgIpc) is 1.01. The topological polar surface area (TPSA) is 243 Å². The van der Waals surface area contributed by atoms with Gasteiger partial charge in [-0.25, -0.2) is 0 Å². The van der Waals surface area contributed by atoms with Crippen LogP contribution in [-0.2, 0) is 65.4 Å². The second-order valence-corrected chi connectivity index (χ2v) is 30.5. The Bertz CT molecular complexity index is 1940. The normalized spacial score (nSPS) is 14.1. The van der Waals surface area contributed by atoms with E-state index < -0.39 is 97.5 Å². The number of aliphatic hydroxyl groups excluding tert-OH is 1. The minimum absolute atomic E-state index is 0.0738. The molecule has 0 saturated heterocycles. The molecule has 0 fully saturated rings. The van der Waals surface area contributed by atoms with Crippen LogP contribution in [0.25, 0.3) is 0 Å². The highest BCUT2D eigenvalue weighted by atomic mass is 31.2. The molecule has 0 aromatic rings. The summed E-state index contributed by atoms with van der Waals surface area (Å²) in [4.78, 5) is 77.7. The van der Waals surface area contributed by atoms with Crippen molar-refractivity contribution in [3.63, 3.8) is 0 Å². The number of carbonyl (C=O) groups excluding carboxylic acids is 4. The molecule has 2 unspecified atom stereocenters. The lowest BCUT2D eigenvalue weighted by atomic mass is 10.1. The number of phosphoric ester groups is 2. The number of allylic oxidation sites excluding steroid dienone is 8. The number of phosphoric acid groups is 2. The van der Waals surface area contributed by atoms with Gasteiger partial charge in [0.15, 0.2) is 12.2 Å². The van der Waals surface area contributed by atoms with Gasteiger partial charge in [0.25, 0.3) is 15.6 Å². The van der Waals surface area contributed by atoms with Crippen molar-refractivity contribution in [2.24, 2.45) is 0 Å². The summed E-state index contributed by atoms with van der Waals surface area (Å²) in [5.41, 5.74) is 0. The number of rotatable bonds is 78. The number of ether oxygens (including phenoxy) is 4. The van der Waals surface area contributed by atoms with Crippen LogP contribution in [0, 0.1) is 0 Å². The van der Waals surface area contributed by atoms with Gasteiger partial charge in [-0.1, -0.05) is 282 Å². The summed E-state index contributed by atoms with van der Waals surface area (Å²) in [7, 11) is -10.5. The third-order valence-corrected chi connectivity index (χ3v) is 19.6. The van der Waals surface area contributed by atoms with Gasteiger partial charge < -0.3 is 51.9 Å². The minimum atomic E-state index is -5.24. The van der Waals surface area contributed by atoms with E-state index >= 15 is 0 Å². The van der Waals surface area contributed by atoms with E-state index in [2.05, 4.69) is 76.3 Å². The molecular formula is C81H148O17P2-2. The van der Waals surface area contributed by atoms with Crippen LogP contribution < -0.4 is 9.79 Å². The van der Waals surface area contributed by atoms with Gasteiger partial charge in [-0.3, -0.25) is 28.3 Å². The monoisotopic (exact) mass is 1460 g/mol. The van der Waals surface area contributed by atoms with Gasteiger partial charge in [0, 0.05) is 25.7 Å². The maximum atomic E-state index is 13.0. The van der Waals surface area contributed by atoms with Crippen molar-refractivity contribution < 1.29 is 80.2 Å². The van der Waals surface area contributed by atoms with Crippen molar-refractivity contribution in [2.75, 3.05) is 39.6 Å². The van der Waals surface area contributed by atoms with Crippen molar-refractivity contribution in [1.29, 1.82) is 0 Å². The largest absolute Gasteiger partial charge is 0.756 e. The first-order valence-corrected chi connectivity index (χ1v) is 43.8. The number of carbonyl (C=O) groups is 4. The molecule has 17 nitrogen and oxygen atoms in total. The number of unbranched alkanes of at least 4 members (excludes halogenated alkanes) is 44. The van der Waals surface area contributed by atoms with Gasteiger partial charge in [-0.05, 0) is 128 Å². The Kier molecular flexibility index (Phi) is 72.1. The molecular weight excluding hydrogens is 1310 g/mol. The lowest BCUT2D eigenvalue weighted by Crippen LogP contribution is -2.31. The van der Waals surface area contributed by atoms with Gasteiger partial charge in [0.05, 0.1) is 26.4 Å². The number of hydrogen-bond acceptors (Lipinski definition) is 17. The molecule has 0 radical (unpaired) electrons. The zero-order valence-corrected chi connectivity index (χ0v) is 65.9. The molecule has 0 saturated carbocycles. The van der Waals surface area contributed by atoms with E-state index in [9.17, 15) is 43.2 Å². The van der Waals surface area contributed by atoms with Crippen molar-refractivity contribution in [1.82, 2.24) is 0 Å². The molecule has 0 heterocycles. The Morgan fingerprint density at radius 3 is 0.700 bits per heavy atom. The van der Waals surface area contributed by atoms with Crippen LogP contribution in [0.3, 0.4) is 0 Å². The van der Waals surface area contributed by atoms with Gasteiger partial charge in [0.2, 0.25) is 0 Å². The first-order chi connectivity index (χ1) is 48.7. The molecule has 0 aliphatic heterocycles. The van der Waals surface area contributed by atoms with E-state index in [-0.39, 0.29) is 25.7 Å². The fourth-order valence-corrected chi connectivity index (χ4v) is 13.0. The van der Waals surface area contributed by atoms with Gasteiger partial charge in [-0.2, -0.15) is 0 Å². The zero-order valence-electron chi connectivity index (χ0n) is 64.1. The summed E-state index contributed by atoms with van der Waals surface area (Å²) >= 11 is 0. The van der Waals surface area contributed by atoms with Crippen molar-refractivity contribution in [2.45, 2.75) is 406 Å². The summed E-state index contributed by atoms with van der Waals surface area (Å²) in [5.74, 6) is -2.25. The Balaban J connectivity index is 5.33. The lowest BCUT2D eigenvalue weighted by Gasteiger charge is -2.28. The van der Waals surface area contributed by atoms with Crippen LogP contribution >= 0.6 is 15.6 Å². The Labute approximate surface area is 610 Å². The van der Waals surface area contributed by atoms with Gasteiger partial charge in [-0.15, -0.1) is 0 Å². The molecule has 0 aliphatic carbocycles. The third-order valence-electron chi connectivity index (χ3n) is 17.7. The molecule has 100 heavy (non-hydrogen) atoms. The highest BCUT2D eigenvalue weighted by Crippen LogP contribution is 2.41. The van der Waals surface area contributed by atoms with Crippen LogP contribution in [0.15, 0.2) is 48.6 Å². The van der Waals surface area contributed by atoms with E-state index in [1.54, 1.807) is 0 Å². The summed E-state index contributed by atoms with van der Waals surface area (Å²) in [6.45, 7) is 4.49. The molecule has 19 heteroatoms. The van der Waals surface area contributed by atoms with E-state index in [0.717, 1.165) is 180 Å². The molecule has 1 N–H and O–H groups in total. The maximum Gasteiger partial charge on any atom is 0.306 e. The maximum absolute atomic E-state index is 13.0. The average molecular weight is 1460 g/mol. The molecule has 0 aromatic heterocycles. The van der Waals surface area contributed by atoms with Crippen molar-refractivity contribution in [3.8, 4) is 0 Å². The van der Waals surface area contributed by atoms with Crippen molar-refractivity contribution >= 4 is 39.5 Å². The van der Waals surface area contributed by atoms with Crippen LogP contribution in [-0.4, -0.2) is 86.9 Å². The molecule has 0 aromatic carbocycles. The number of esters is 4. The molecule has 0 aliphatic rings. The fourth-order valence-electron chi connectivity index (χ4n) is 11.4. The third kappa shape index (κ3) is 73.3. The van der Waals surface area contributed by atoms with Crippen LogP contribution in [0.1, 0.15) is 387 Å². The van der Waals surface area contributed by atoms with Crippen LogP contribution in [0.4, 0.5) is 0 Å². The molecule has 0 bridgehead atoms. The summed E-state index contributed by atoms with van der Waals surface area (Å²) in [5, 5.41) is 10.6. The second-order valence-electron chi connectivity index (χ2n) is 27.7. The van der Waals surface area contributed by atoms with E-state index in [1.807, 2.05) is 0 Å². The first kappa shape index (κ1) is 97.0. The zero-order chi connectivity index (χ0) is 73.2. The standard InChI is InChI=1S/C81H150O17P2/c1-5-9-13-17-21-25-29-33-37-41-45-49-53-57-61-65-78(83)91-71-76(97-80(85)67-63-59-55-51-47-43-39-35-31-27-23-19-15-11-7-3)73-95-99(87,88)93-69-75(82)70-94-100(89,90)96-74-77(98-81(86)68-64-60-56-52-48-44-40-36-32-28-24-20-16-12-8-4)72-92-79(84)66-62-58-54-50-46-42-38-34-30-26-22-18-14-10-6-2/h25-32,75-77,82H,5-24,33-74H2,1-4H3,(H,87,88)(H,89,90)/p-2/b29-25+,30-26+,31-27+,32-28+/t76-,77-/m1/s1. The van der Waals surface area contributed by atoms with Crippen LogP contribution in [0.5, 0.6) is 0 Å². The van der Waals surface area contributed by atoms with E-state index in [1.165, 1.54) is 128 Å². The van der Waals surface area contributed by atoms with E-state index in [0.29, 0.717) is 25.7 Å². The number of aliphatic hydroxyl groups is 1. The SMILES string of the molecule is CCCCCC/C=C/CCCCCCCCCC(=O)OC[C@H](COP(=O)([O-])OCC(O)COP(=O)([O-])OC[C@@H](COC(=O)CCCCCCCCC/C=C/CCCCCC)OC(=O)CCCCCCCCC/C=C/CCCCCC)OC(=O)CCCCCCCCC/C=C/CCCCCC. The van der Waals surface area contributed by atoms with E-state index in [4.69, 9.17) is 37.0 Å². The predicted octanol–water partition coefficient (Wildman–Crippen LogP) is 22.4. The highest BCUT2D eigenvalue weighted by Gasteiger charge is 2.25. The van der Waals surface area contributed by atoms with Crippen molar-refractivity contribution in [3.05, 3.63) is 48.6 Å². The number of hydrogen-bond donors (Lipinski definition) is 1. The summed E-state index contributed by atoms with van der Waals surface area (Å²) < 4.78 is 67.8. The Morgan fingerprint density at radius 1 is 0.280 bits per heavy atom. The molecule has 4 atom stereocenters. The molecule has 0 spiro atoms. The van der Waals surface area contributed by atoms with Gasteiger partial charge >= 0.3 is 23.9 Å². The van der Waals surface area contributed by atoms with Crippen LogP contribution in [0.2, 0.25) is 0 Å². The second kappa shape index (κ2) is 74.3. The predicted molar refractivity (Wildman–Crippen MR) is 405 cm³/mol. The van der Waals surface area contributed by atoms with Gasteiger partial charge in [0.1, 0.15) is 19.3 Å². The summed E-state index contributed by atoms with van der Waals surface area (Å²) in [6.07, 6.45) is 71.5. The quantitative estimate of drug-likeness (QED) is 0.0196. The summed E-state index contributed by atoms with van der Waals surface area (Å²) in [6, 6.07) is 0. The smallest absolute Gasteiger partial charge is 0.306 e. The molecule has 0 amide bonds. The highest BCUT2D eigenvalue weighted by molar-refractivity contribution is 7.46. The fraction of sp³-hybridized carbons (Fsp3) is 0.852. The molecule has 0 rings (SSSR count).